The zero-order chi connectivity index (χ0) is 10.7. The summed E-state index contributed by atoms with van der Waals surface area (Å²) in [4.78, 5) is 4.23. The first-order valence-corrected chi connectivity index (χ1v) is 4.98. The predicted octanol–water partition coefficient (Wildman–Crippen LogP) is 2.53. The molecule has 0 saturated carbocycles. The minimum Gasteiger partial charge on any atom is -0.444 e. The van der Waals surface area contributed by atoms with Crippen molar-refractivity contribution < 1.29 is 9.52 Å². The van der Waals surface area contributed by atoms with Gasteiger partial charge in [-0.05, 0) is 18.2 Å². The van der Waals surface area contributed by atoms with Gasteiger partial charge in [0.2, 0.25) is 5.89 Å². The van der Waals surface area contributed by atoms with Crippen LogP contribution in [0.25, 0.3) is 11.5 Å². The van der Waals surface area contributed by atoms with E-state index in [4.69, 9.17) is 21.1 Å². The van der Waals surface area contributed by atoms with Crippen molar-refractivity contribution in [1.82, 2.24) is 4.98 Å². The second-order valence-corrected chi connectivity index (χ2v) is 3.56. The van der Waals surface area contributed by atoms with Gasteiger partial charge in [-0.15, -0.1) is 0 Å². The van der Waals surface area contributed by atoms with Crippen molar-refractivity contribution in [3.05, 3.63) is 41.2 Å². The third-order valence-electron chi connectivity index (χ3n) is 1.99. The van der Waals surface area contributed by atoms with E-state index in [-0.39, 0.29) is 6.61 Å². The third kappa shape index (κ3) is 2.37. The molecule has 1 aromatic heterocycles. The predicted molar refractivity (Wildman–Crippen MR) is 57.7 cm³/mol. The number of aliphatic hydroxyl groups excluding tert-OH is 1. The van der Waals surface area contributed by atoms with Gasteiger partial charge in [0.25, 0.3) is 0 Å². The van der Waals surface area contributed by atoms with Gasteiger partial charge < -0.3 is 9.52 Å². The van der Waals surface area contributed by atoms with Crippen LogP contribution in [-0.4, -0.2) is 16.7 Å². The number of aliphatic hydroxyl groups is 1. The molecule has 0 spiro atoms. The van der Waals surface area contributed by atoms with Gasteiger partial charge in [0, 0.05) is 23.6 Å². The Kier molecular flexibility index (Phi) is 3.04. The maximum absolute atomic E-state index is 8.74. The molecule has 2 rings (SSSR count). The summed E-state index contributed by atoms with van der Waals surface area (Å²) in [6, 6.07) is 7.30. The van der Waals surface area contributed by atoms with Crippen LogP contribution in [-0.2, 0) is 6.42 Å². The van der Waals surface area contributed by atoms with Crippen LogP contribution < -0.4 is 0 Å². The van der Waals surface area contributed by atoms with Crippen LogP contribution in [0.1, 0.15) is 5.69 Å². The monoisotopic (exact) mass is 223 g/mol. The molecule has 0 radical (unpaired) electrons. The molecule has 0 saturated heterocycles. The number of hydrogen-bond donors (Lipinski definition) is 1. The molecular weight excluding hydrogens is 214 g/mol. The Bertz CT molecular complexity index is 453. The lowest BCUT2D eigenvalue weighted by atomic mass is 10.2. The highest BCUT2D eigenvalue weighted by Gasteiger charge is 2.06. The summed E-state index contributed by atoms with van der Waals surface area (Å²) < 4.78 is 5.28. The van der Waals surface area contributed by atoms with Gasteiger partial charge in [0.1, 0.15) is 6.26 Å². The van der Waals surface area contributed by atoms with Gasteiger partial charge in [-0.1, -0.05) is 17.7 Å². The van der Waals surface area contributed by atoms with Crippen molar-refractivity contribution >= 4 is 11.6 Å². The molecule has 0 unspecified atom stereocenters. The van der Waals surface area contributed by atoms with Gasteiger partial charge >= 0.3 is 0 Å². The smallest absolute Gasteiger partial charge is 0.226 e. The molecule has 4 heteroatoms. The van der Waals surface area contributed by atoms with Crippen LogP contribution in [0.2, 0.25) is 5.02 Å². The Morgan fingerprint density at radius 3 is 3.00 bits per heavy atom. The molecule has 3 nitrogen and oxygen atoms in total. The highest BCUT2D eigenvalue weighted by Crippen LogP contribution is 2.21. The molecule has 0 aliphatic heterocycles. The van der Waals surface area contributed by atoms with Crippen molar-refractivity contribution in [2.24, 2.45) is 0 Å². The summed E-state index contributed by atoms with van der Waals surface area (Å²) in [6.07, 6.45) is 2.05. The van der Waals surface area contributed by atoms with E-state index in [1.807, 2.05) is 12.1 Å². The quantitative estimate of drug-likeness (QED) is 0.870. The van der Waals surface area contributed by atoms with E-state index < -0.39 is 0 Å². The van der Waals surface area contributed by atoms with Crippen molar-refractivity contribution in [1.29, 1.82) is 0 Å². The minimum atomic E-state index is 0.0710. The van der Waals surface area contributed by atoms with E-state index in [0.717, 1.165) is 11.3 Å². The summed E-state index contributed by atoms with van der Waals surface area (Å²) in [5, 5.41) is 9.39. The summed E-state index contributed by atoms with van der Waals surface area (Å²) in [5.41, 5.74) is 1.58. The van der Waals surface area contributed by atoms with Crippen molar-refractivity contribution in [2.45, 2.75) is 6.42 Å². The standard InChI is InChI=1S/C11H10ClNO2/c12-9-3-1-2-8(6-9)11-13-10(4-5-14)7-15-11/h1-3,6-7,14H,4-5H2. The van der Waals surface area contributed by atoms with Gasteiger partial charge in [-0.3, -0.25) is 0 Å². The highest BCUT2D eigenvalue weighted by atomic mass is 35.5. The summed E-state index contributed by atoms with van der Waals surface area (Å²) >= 11 is 5.85. The molecule has 15 heavy (non-hydrogen) atoms. The van der Waals surface area contributed by atoms with Crippen LogP contribution in [0.4, 0.5) is 0 Å². The Labute approximate surface area is 92.3 Å². The van der Waals surface area contributed by atoms with Gasteiger partial charge in [0.05, 0.1) is 5.69 Å². The lowest BCUT2D eigenvalue weighted by Gasteiger charge is -1.94. The summed E-state index contributed by atoms with van der Waals surface area (Å²) in [6.45, 7) is 0.0710. The lowest BCUT2D eigenvalue weighted by molar-refractivity contribution is 0.298. The maximum Gasteiger partial charge on any atom is 0.226 e. The molecule has 1 heterocycles. The number of benzene rings is 1. The van der Waals surface area contributed by atoms with Crippen LogP contribution in [0.3, 0.4) is 0 Å². The highest BCUT2D eigenvalue weighted by molar-refractivity contribution is 6.30. The van der Waals surface area contributed by atoms with Gasteiger partial charge in [0.15, 0.2) is 0 Å². The Hall–Kier alpha value is -1.32. The zero-order valence-corrected chi connectivity index (χ0v) is 8.74. The van der Waals surface area contributed by atoms with E-state index in [2.05, 4.69) is 4.98 Å². The van der Waals surface area contributed by atoms with E-state index in [1.54, 1.807) is 18.4 Å². The van der Waals surface area contributed by atoms with Crippen LogP contribution in [0.15, 0.2) is 34.9 Å². The average molecular weight is 224 g/mol. The maximum atomic E-state index is 8.74. The molecule has 0 aliphatic rings. The molecule has 0 fully saturated rings. The molecule has 1 aromatic carbocycles. The van der Waals surface area contributed by atoms with Crippen LogP contribution in [0, 0.1) is 0 Å². The number of oxazole rings is 1. The van der Waals surface area contributed by atoms with Crippen LogP contribution in [0.5, 0.6) is 0 Å². The first-order chi connectivity index (χ1) is 7.29. The van der Waals surface area contributed by atoms with E-state index in [1.165, 1.54) is 0 Å². The normalized spacial score (nSPS) is 10.5. The summed E-state index contributed by atoms with van der Waals surface area (Å²) in [5.74, 6) is 0.529. The topological polar surface area (TPSA) is 46.3 Å². The fourth-order valence-corrected chi connectivity index (χ4v) is 1.48. The Balaban J connectivity index is 2.29. The van der Waals surface area contributed by atoms with Crippen molar-refractivity contribution in [3.8, 4) is 11.5 Å². The minimum absolute atomic E-state index is 0.0710. The Morgan fingerprint density at radius 1 is 1.40 bits per heavy atom. The molecule has 0 bridgehead atoms. The average Bonchev–Trinajstić information content (AvgIpc) is 2.67. The Morgan fingerprint density at radius 2 is 2.27 bits per heavy atom. The fourth-order valence-electron chi connectivity index (χ4n) is 1.29. The fraction of sp³-hybridized carbons (Fsp3) is 0.182. The number of rotatable bonds is 3. The molecule has 0 atom stereocenters. The van der Waals surface area contributed by atoms with Crippen LogP contribution >= 0.6 is 11.6 Å². The first-order valence-electron chi connectivity index (χ1n) is 4.61. The van der Waals surface area contributed by atoms with E-state index in [0.29, 0.717) is 17.3 Å². The van der Waals surface area contributed by atoms with Crippen molar-refractivity contribution in [3.63, 3.8) is 0 Å². The number of hydrogen-bond acceptors (Lipinski definition) is 3. The number of nitrogens with zero attached hydrogens (tertiary/aromatic N) is 1. The lowest BCUT2D eigenvalue weighted by Crippen LogP contribution is -1.90. The molecule has 2 aromatic rings. The third-order valence-corrected chi connectivity index (χ3v) is 2.23. The molecular formula is C11H10ClNO2. The molecule has 1 N–H and O–H groups in total. The van der Waals surface area contributed by atoms with Gasteiger partial charge in [-0.2, -0.15) is 0 Å². The first kappa shape index (κ1) is 10.2. The molecule has 78 valence electrons. The molecule has 0 aliphatic carbocycles. The molecule has 0 amide bonds. The number of aromatic nitrogens is 1. The zero-order valence-electron chi connectivity index (χ0n) is 7.98. The number of halogens is 1. The second-order valence-electron chi connectivity index (χ2n) is 3.13. The second kappa shape index (κ2) is 4.47. The van der Waals surface area contributed by atoms with Crippen molar-refractivity contribution in [2.75, 3.05) is 6.61 Å². The summed E-state index contributed by atoms with van der Waals surface area (Å²) in [7, 11) is 0. The largest absolute Gasteiger partial charge is 0.444 e. The SMILES string of the molecule is OCCc1coc(-c2cccc(Cl)c2)n1. The van der Waals surface area contributed by atoms with E-state index >= 15 is 0 Å². The van der Waals surface area contributed by atoms with Gasteiger partial charge in [-0.25, -0.2) is 4.98 Å². The van der Waals surface area contributed by atoms with E-state index in [9.17, 15) is 0 Å².